The molecular formula is C23H26BrN3O. The number of aryl methyl sites for hydroxylation is 1. The van der Waals surface area contributed by atoms with Crippen LogP contribution in [0.5, 0.6) is 0 Å². The molecule has 0 bridgehead atoms. The monoisotopic (exact) mass is 439 g/mol. The van der Waals surface area contributed by atoms with E-state index in [1.54, 1.807) is 0 Å². The molecule has 146 valence electrons. The summed E-state index contributed by atoms with van der Waals surface area (Å²) in [5.74, 6) is 0.982. The van der Waals surface area contributed by atoms with Gasteiger partial charge in [-0.15, -0.1) is 0 Å². The van der Waals surface area contributed by atoms with Gasteiger partial charge in [0.15, 0.2) is 0 Å². The zero-order valence-corrected chi connectivity index (χ0v) is 17.9. The highest BCUT2D eigenvalue weighted by Crippen LogP contribution is 2.38. The van der Waals surface area contributed by atoms with E-state index in [0.29, 0.717) is 12.8 Å². The fraction of sp³-hybridized carbons (Fsp3) is 0.348. The van der Waals surface area contributed by atoms with Crippen molar-refractivity contribution in [3.8, 4) is 0 Å². The normalized spacial score (nSPS) is 21.5. The molecule has 1 fully saturated rings. The van der Waals surface area contributed by atoms with Gasteiger partial charge in [-0.25, -0.2) is 4.98 Å². The SMILES string of the molecule is Cc1cnc(C[C@]2(c3ccccc3)CCN([C@@H](C)c3ccc(Br)cc3)CO2)[nH]1. The van der Waals surface area contributed by atoms with E-state index in [1.165, 1.54) is 11.1 Å². The average Bonchev–Trinajstić information content (AvgIpc) is 3.13. The summed E-state index contributed by atoms with van der Waals surface area (Å²) in [5.41, 5.74) is 3.27. The summed E-state index contributed by atoms with van der Waals surface area (Å²) in [7, 11) is 0. The van der Waals surface area contributed by atoms with E-state index >= 15 is 0 Å². The molecule has 1 aliphatic rings. The van der Waals surface area contributed by atoms with Crippen molar-refractivity contribution in [2.45, 2.75) is 38.3 Å². The summed E-state index contributed by atoms with van der Waals surface area (Å²) >= 11 is 3.52. The molecule has 28 heavy (non-hydrogen) atoms. The fourth-order valence-electron chi connectivity index (χ4n) is 3.96. The zero-order valence-electron chi connectivity index (χ0n) is 16.4. The number of aromatic amines is 1. The molecule has 1 aliphatic heterocycles. The number of rotatable bonds is 5. The summed E-state index contributed by atoms with van der Waals surface area (Å²) in [6.07, 6.45) is 3.57. The number of aromatic nitrogens is 2. The zero-order chi connectivity index (χ0) is 19.6. The van der Waals surface area contributed by atoms with Crippen LogP contribution in [0.4, 0.5) is 0 Å². The molecule has 0 unspecified atom stereocenters. The Morgan fingerprint density at radius 3 is 2.54 bits per heavy atom. The van der Waals surface area contributed by atoms with Gasteiger partial charge < -0.3 is 9.72 Å². The van der Waals surface area contributed by atoms with Crippen molar-refractivity contribution in [2.24, 2.45) is 0 Å². The van der Waals surface area contributed by atoms with Gasteiger partial charge in [-0.1, -0.05) is 58.4 Å². The van der Waals surface area contributed by atoms with Crippen molar-refractivity contribution >= 4 is 15.9 Å². The van der Waals surface area contributed by atoms with Crippen LogP contribution in [0.25, 0.3) is 0 Å². The van der Waals surface area contributed by atoms with Gasteiger partial charge in [0, 0.05) is 35.4 Å². The van der Waals surface area contributed by atoms with Crippen molar-refractivity contribution in [1.29, 1.82) is 0 Å². The number of nitrogens with one attached hydrogen (secondary N) is 1. The number of hydrogen-bond acceptors (Lipinski definition) is 3. The Labute approximate surface area is 175 Å². The Morgan fingerprint density at radius 2 is 1.93 bits per heavy atom. The molecule has 3 aromatic rings. The van der Waals surface area contributed by atoms with Crippen molar-refractivity contribution < 1.29 is 4.74 Å². The van der Waals surface area contributed by atoms with Gasteiger partial charge >= 0.3 is 0 Å². The van der Waals surface area contributed by atoms with Crippen molar-refractivity contribution in [1.82, 2.24) is 14.9 Å². The lowest BCUT2D eigenvalue weighted by atomic mass is 9.85. The predicted octanol–water partition coefficient (Wildman–Crippen LogP) is 5.36. The molecule has 0 amide bonds. The molecule has 0 saturated carbocycles. The van der Waals surface area contributed by atoms with E-state index < -0.39 is 0 Å². The van der Waals surface area contributed by atoms with Crippen LogP contribution in [0, 0.1) is 6.92 Å². The van der Waals surface area contributed by atoms with Gasteiger partial charge in [0.1, 0.15) is 18.2 Å². The Hall–Kier alpha value is -1.95. The van der Waals surface area contributed by atoms with E-state index in [-0.39, 0.29) is 5.60 Å². The standard InChI is InChI=1S/C23H26BrN3O/c1-17-15-25-22(26-17)14-23(20-6-4-3-5-7-20)12-13-27(16-28-23)18(2)19-8-10-21(24)11-9-19/h3-11,15,18H,12-14,16H2,1-2H3,(H,25,26)/t18-,23-/m0/s1. The maximum Gasteiger partial charge on any atom is 0.109 e. The van der Waals surface area contributed by atoms with Gasteiger partial charge in [0.05, 0.1) is 0 Å². The van der Waals surface area contributed by atoms with Crippen molar-refractivity contribution in [2.75, 3.05) is 13.3 Å². The summed E-state index contributed by atoms with van der Waals surface area (Å²) in [5, 5.41) is 0. The van der Waals surface area contributed by atoms with Gasteiger partial charge in [0.2, 0.25) is 0 Å². The minimum Gasteiger partial charge on any atom is -0.354 e. The number of imidazole rings is 1. The first-order chi connectivity index (χ1) is 13.6. The fourth-order valence-corrected chi connectivity index (χ4v) is 4.23. The largest absolute Gasteiger partial charge is 0.354 e. The lowest BCUT2D eigenvalue weighted by molar-refractivity contribution is -0.154. The Morgan fingerprint density at radius 1 is 1.18 bits per heavy atom. The third-order valence-electron chi connectivity index (χ3n) is 5.72. The van der Waals surface area contributed by atoms with E-state index in [4.69, 9.17) is 4.74 Å². The molecule has 2 heterocycles. The van der Waals surface area contributed by atoms with Crippen LogP contribution in [0.3, 0.4) is 0 Å². The number of ether oxygens (including phenoxy) is 1. The van der Waals surface area contributed by atoms with Gasteiger partial charge in [-0.2, -0.15) is 0 Å². The number of halogens is 1. The van der Waals surface area contributed by atoms with Gasteiger partial charge in [-0.05, 0) is 43.5 Å². The van der Waals surface area contributed by atoms with Crippen molar-refractivity contribution in [3.05, 3.63) is 87.9 Å². The van der Waals surface area contributed by atoms with E-state index in [0.717, 1.165) is 35.4 Å². The topological polar surface area (TPSA) is 41.2 Å². The first-order valence-corrected chi connectivity index (χ1v) is 10.5. The average molecular weight is 440 g/mol. The van der Waals surface area contributed by atoms with Crippen LogP contribution in [-0.2, 0) is 16.8 Å². The lowest BCUT2D eigenvalue weighted by Crippen LogP contribution is -2.47. The van der Waals surface area contributed by atoms with E-state index in [9.17, 15) is 0 Å². The molecule has 4 rings (SSSR count). The summed E-state index contributed by atoms with van der Waals surface area (Å²) < 4.78 is 7.71. The Kier molecular flexibility index (Phi) is 5.67. The quantitative estimate of drug-likeness (QED) is 0.581. The molecule has 1 N–H and O–H groups in total. The molecule has 2 aromatic carbocycles. The lowest BCUT2D eigenvalue weighted by Gasteiger charge is -2.44. The maximum atomic E-state index is 6.60. The minimum absolute atomic E-state index is 0.313. The van der Waals surface area contributed by atoms with Crippen LogP contribution in [0.2, 0.25) is 0 Å². The molecule has 1 aromatic heterocycles. The molecular weight excluding hydrogens is 414 g/mol. The third kappa shape index (κ3) is 4.07. The second kappa shape index (κ2) is 8.19. The second-order valence-electron chi connectivity index (χ2n) is 7.61. The molecule has 0 spiro atoms. The van der Waals surface area contributed by atoms with Gasteiger partial charge in [-0.3, -0.25) is 4.90 Å². The van der Waals surface area contributed by atoms with Crippen LogP contribution in [-0.4, -0.2) is 28.1 Å². The predicted molar refractivity (Wildman–Crippen MR) is 115 cm³/mol. The highest BCUT2D eigenvalue weighted by molar-refractivity contribution is 9.10. The maximum absolute atomic E-state index is 6.60. The van der Waals surface area contributed by atoms with Crippen LogP contribution < -0.4 is 0 Å². The molecule has 2 atom stereocenters. The first kappa shape index (κ1) is 19.4. The summed E-state index contributed by atoms with van der Waals surface area (Å²) in [6, 6.07) is 19.4. The summed E-state index contributed by atoms with van der Waals surface area (Å²) in [4.78, 5) is 10.3. The molecule has 4 nitrogen and oxygen atoms in total. The molecule has 0 radical (unpaired) electrons. The number of H-pyrrole nitrogens is 1. The first-order valence-electron chi connectivity index (χ1n) is 9.75. The van der Waals surface area contributed by atoms with Crippen LogP contribution in [0.15, 0.2) is 65.3 Å². The molecule has 0 aliphatic carbocycles. The highest BCUT2D eigenvalue weighted by Gasteiger charge is 2.39. The van der Waals surface area contributed by atoms with E-state index in [2.05, 4.69) is 92.3 Å². The third-order valence-corrected chi connectivity index (χ3v) is 6.25. The van der Waals surface area contributed by atoms with Gasteiger partial charge in [0.25, 0.3) is 0 Å². The van der Waals surface area contributed by atoms with Crippen LogP contribution in [0.1, 0.15) is 42.0 Å². The summed E-state index contributed by atoms with van der Waals surface area (Å²) in [6.45, 7) is 5.87. The Bertz CT molecular complexity index is 899. The molecule has 5 heteroatoms. The molecule has 1 saturated heterocycles. The smallest absolute Gasteiger partial charge is 0.109 e. The number of hydrogen-bond donors (Lipinski definition) is 1. The van der Waals surface area contributed by atoms with Crippen LogP contribution >= 0.6 is 15.9 Å². The highest BCUT2D eigenvalue weighted by atomic mass is 79.9. The Balaban J connectivity index is 1.54. The number of nitrogens with zero attached hydrogens (tertiary/aromatic N) is 2. The minimum atomic E-state index is -0.346. The van der Waals surface area contributed by atoms with E-state index in [1.807, 2.05) is 13.1 Å². The van der Waals surface area contributed by atoms with Crippen molar-refractivity contribution in [3.63, 3.8) is 0 Å². The second-order valence-corrected chi connectivity index (χ2v) is 8.53. The number of benzene rings is 2.